The summed E-state index contributed by atoms with van der Waals surface area (Å²) in [6.07, 6.45) is 1.25. The molecular formula is C17H11Cl2FN2O2S. The van der Waals surface area contributed by atoms with Gasteiger partial charge in [0.2, 0.25) is 0 Å². The molecule has 1 aromatic heterocycles. The van der Waals surface area contributed by atoms with Crippen LogP contribution < -0.4 is 11.2 Å². The third-order valence-corrected chi connectivity index (χ3v) is 5.09. The second-order valence-corrected chi connectivity index (χ2v) is 7.10. The Balaban J connectivity index is 2.16. The molecule has 0 amide bonds. The highest BCUT2D eigenvalue weighted by Gasteiger charge is 2.16. The van der Waals surface area contributed by atoms with Crippen LogP contribution in [0.5, 0.6) is 0 Å². The Hall–Kier alpha value is -2.02. The normalized spacial score (nSPS) is 10.9. The number of aryl methyl sites for hydroxylation is 1. The van der Waals surface area contributed by atoms with Crippen molar-refractivity contribution in [1.82, 2.24) is 9.55 Å². The molecule has 0 fully saturated rings. The van der Waals surface area contributed by atoms with Crippen LogP contribution in [0.1, 0.15) is 5.56 Å². The lowest BCUT2D eigenvalue weighted by Crippen LogP contribution is -2.34. The van der Waals surface area contributed by atoms with Crippen LogP contribution in [0.4, 0.5) is 4.39 Å². The van der Waals surface area contributed by atoms with E-state index in [2.05, 4.69) is 4.98 Å². The molecule has 0 unspecified atom stereocenters. The van der Waals surface area contributed by atoms with Crippen molar-refractivity contribution in [1.29, 1.82) is 0 Å². The highest BCUT2D eigenvalue weighted by atomic mass is 35.5. The third-order valence-electron chi connectivity index (χ3n) is 3.41. The van der Waals surface area contributed by atoms with Gasteiger partial charge < -0.3 is 4.98 Å². The predicted molar refractivity (Wildman–Crippen MR) is 97.9 cm³/mol. The van der Waals surface area contributed by atoms with E-state index < -0.39 is 17.1 Å². The molecule has 0 aliphatic carbocycles. The van der Waals surface area contributed by atoms with E-state index in [-0.39, 0.29) is 25.5 Å². The SMILES string of the molecule is Cc1ccc(Sc2c[nH]c(=O)n(-c3c(Cl)cccc3Cl)c2=O)c(F)c1. The Bertz CT molecular complexity index is 1060. The van der Waals surface area contributed by atoms with Gasteiger partial charge in [0, 0.05) is 11.1 Å². The number of benzene rings is 2. The number of hydrogen-bond acceptors (Lipinski definition) is 3. The van der Waals surface area contributed by atoms with Gasteiger partial charge in [-0.2, -0.15) is 0 Å². The van der Waals surface area contributed by atoms with Crippen molar-refractivity contribution in [2.24, 2.45) is 0 Å². The number of nitrogens with zero attached hydrogens (tertiary/aromatic N) is 1. The van der Waals surface area contributed by atoms with Crippen molar-refractivity contribution in [3.63, 3.8) is 0 Å². The molecule has 2 aromatic carbocycles. The molecule has 4 nitrogen and oxygen atoms in total. The van der Waals surface area contributed by atoms with Gasteiger partial charge in [0.1, 0.15) is 5.82 Å². The number of aromatic nitrogens is 2. The maximum Gasteiger partial charge on any atom is 0.333 e. The molecular weight excluding hydrogens is 386 g/mol. The highest BCUT2D eigenvalue weighted by molar-refractivity contribution is 7.99. The van der Waals surface area contributed by atoms with Gasteiger partial charge in [-0.15, -0.1) is 0 Å². The number of para-hydroxylation sites is 1. The van der Waals surface area contributed by atoms with Crippen molar-refractivity contribution in [3.8, 4) is 5.69 Å². The number of aromatic amines is 1. The minimum atomic E-state index is -0.686. The zero-order valence-corrected chi connectivity index (χ0v) is 15.2. The summed E-state index contributed by atoms with van der Waals surface area (Å²) in [5.41, 5.74) is -0.468. The molecule has 0 bridgehead atoms. The Morgan fingerprint density at radius 3 is 2.40 bits per heavy atom. The number of halogens is 3. The van der Waals surface area contributed by atoms with Gasteiger partial charge in [-0.25, -0.2) is 13.8 Å². The van der Waals surface area contributed by atoms with Crippen LogP contribution in [-0.2, 0) is 0 Å². The molecule has 0 aliphatic heterocycles. The fraction of sp³-hybridized carbons (Fsp3) is 0.0588. The third kappa shape index (κ3) is 3.51. The largest absolute Gasteiger partial charge is 0.333 e. The number of rotatable bonds is 3. The molecule has 128 valence electrons. The van der Waals surface area contributed by atoms with Crippen molar-refractivity contribution in [2.45, 2.75) is 16.7 Å². The van der Waals surface area contributed by atoms with E-state index in [0.717, 1.165) is 21.9 Å². The van der Waals surface area contributed by atoms with Gasteiger partial charge in [-0.1, -0.05) is 47.1 Å². The topological polar surface area (TPSA) is 54.9 Å². The van der Waals surface area contributed by atoms with Gasteiger partial charge in [-0.05, 0) is 36.8 Å². The molecule has 0 atom stereocenters. The standard InChI is InChI=1S/C17H11Cl2FN2O2S/c1-9-5-6-13(12(20)7-9)25-14-8-21-17(24)22(16(14)23)15-10(18)3-2-4-11(15)19/h2-8H,1H3,(H,21,24). The predicted octanol–water partition coefficient (Wildman–Crippen LogP) is 4.43. The van der Waals surface area contributed by atoms with Crippen LogP contribution >= 0.6 is 35.0 Å². The lowest BCUT2D eigenvalue weighted by atomic mass is 10.2. The zero-order valence-electron chi connectivity index (χ0n) is 12.8. The quantitative estimate of drug-likeness (QED) is 0.712. The van der Waals surface area contributed by atoms with Gasteiger partial charge in [0.25, 0.3) is 5.56 Å². The van der Waals surface area contributed by atoms with Crippen molar-refractivity contribution in [3.05, 3.63) is 84.9 Å². The molecule has 25 heavy (non-hydrogen) atoms. The van der Waals surface area contributed by atoms with E-state index in [1.54, 1.807) is 25.1 Å². The summed E-state index contributed by atoms with van der Waals surface area (Å²) >= 11 is 13.1. The summed E-state index contributed by atoms with van der Waals surface area (Å²) in [7, 11) is 0. The fourth-order valence-electron chi connectivity index (χ4n) is 2.24. The smallest absolute Gasteiger partial charge is 0.312 e. The first kappa shape index (κ1) is 17.8. The summed E-state index contributed by atoms with van der Waals surface area (Å²) < 4.78 is 14.9. The first-order valence-electron chi connectivity index (χ1n) is 7.11. The maximum atomic E-state index is 14.1. The Morgan fingerprint density at radius 2 is 1.76 bits per heavy atom. The number of nitrogens with one attached hydrogen (secondary N) is 1. The minimum absolute atomic E-state index is 0.0870. The van der Waals surface area contributed by atoms with Crippen LogP contribution in [0, 0.1) is 12.7 Å². The summed E-state index contributed by atoms with van der Waals surface area (Å²) in [5.74, 6) is -0.446. The first-order chi connectivity index (χ1) is 11.9. The molecule has 3 aromatic rings. The van der Waals surface area contributed by atoms with Gasteiger partial charge in [0.15, 0.2) is 0 Å². The van der Waals surface area contributed by atoms with Crippen LogP contribution in [0.2, 0.25) is 10.0 Å². The molecule has 3 rings (SSSR count). The Kier molecular flexibility index (Phi) is 5.03. The average Bonchev–Trinajstić information content (AvgIpc) is 2.55. The molecule has 0 radical (unpaired) electrons. The zero-order chi connectivity index (χ0) is 18.1. The van der Waals surface area contributed by atoms with Crippen molar-refractivity contribution in [2.75, 3.05) is 0 Å². The van der Waals surface area contributed by atoms with E-state index in [1.165, 1.54) is 24.4 Å². The van der Waals surface area contributed by atoms with E-state index >= 15 is 0 Å². The fourth-order valence-corrected chi connectivity index (χ4v) is 3.63. The lowest BCUT2D eigenvalue weighted by Gasteiger charge is -2.10. The van der Waals surface area contributed by atoms with Crippen LogP contribution in [-0.4, -0.2) is 9.55 Å². The summed E-state index contributed by atoms with van der Waals surface area (Å²) in [4.78, 5) is 27.8. The van der Waals surface area contributed by atoms with Crippen LogP contribution in [0.3, 0.4) is 0 Å². The maximum absolute atomic E-state index is 14.1. The number of hydrogen-bond donors (Lipinski definition) is 1. The molecule has 0 saturated heterocycles. The van der Waals surface area contributed by atoms with Gasteiger partial charge in [0.05, 0.1) is 20.6 Å². The molecule has 1 N–H and O–H groups in total. The van der Waals surface area contributed by atoms with Crippen LogP contribution in [0.15, 0.2) is 62.0 Å². The molecule has 0 spiro atoms. The lowest BCUT2D eigenvalue weighted by molar-refractivity contribution is 0.600. The van der Waals surface area contributed by atoms with E-state index in [0.29, 0.717) is 0 Å². The van der Waals surface area contributed by atoms with Crippen molar-refractivity contribution < 1.29 is 4.39 Å². The summed E-state index contributed by atoms with van der Waals surface area (Å²) in [6.45, 7) is 1.77. The summed E-state index contributed by atoms with van der Waals surface area (Å²) in [5, 5.41) is 0.313. The van der Waals surface area contributed by atoms with Crippen LogP contribution in [0.25, 0.3) is 5.69 Å². The summed E-state index contributed by atoms with van der Waals surface area (Å²) in [6, 6.07) is 9.33. The van der Waals surface area contributed by atoms with Crippen molar-refractivity contribution >= 4 is 35.0 Å². The molecule has 1 heterocycles. The molecule has 8 heteroatoms. The Labute approximate surface area is 156 Å². The van der Waals surface area contributed by atoms with Gasteiger partial charge >= 0.3 is 5.69 Å². The monoisotopic (exact) mass is 396 g/mol. The van der Waals surface area contributed by atoms with E-state index in [4.69, 9.17) is 23.2 Å². The molecule has 0 aliphatic rings. The Morgan fingerprint density at radius 1 is 1.08 bits per heavy atom. The first-order valence-corrected chi connectivity index (χ1v) is 8.69. The number of H-pyrrole nitrogens is 1. The van der Waals surface area contributed by atoms with E-state index in [1.807, 2.05) is 0 Å². The highest BCUT2D eigenvalue weighted by Crippen LogP contribution is 2.29. The second-order valence-electron chi connectivity index (χ2n) is 5.20. The van der Waals surface area contributed by atoms with Gasteiger partial charge in [-0.3, -0.25) is 4.79 Å². The second kappa shape index (κ2) is 7.07. The average molecular weight is 397 g/mol. The molecule has 0 saturated carbocycles. The minimum Gasteiger partial charge on any atom is -0.312 e. The van der Waals surface area contributed by atoms with E-state index in [9.17, 15) is 14.0 Å².